The predicted molar refractivity (Wildman–Crippen MR) is 71.3 cm³/mol. The number of nitrogen functional groups attached to an aromatic ring is 1. The van der Waals surface area contributed by atoms with Crippen molar-refractivity contribution in [1.29, 1.82) is 0 Å². The Bertz CT molecular complexity index is 454. The first-order chi connectivity index (χ1) is 8.62. The summed E-state index contributed by atoms with van der Waals surface area (Å²) in [6.45, 7) is 7.42. The SMILES string of the molecule is CCN1CC2(C1)CN(C(=O)c1ccc(N)cc1)C2. The molecule has 1 aromatic rings. The first-order valence-electron chi connectivity index (χ1n) is 6.49. The van der Waals surface area contributed by atoms with Crippen molar-refractivity contribution in [3.05, 3.63) is 29.8 Å². The molecule has 0 aromatic heterocycles. The average molecular weight is 245 g/mol. The first-order valence-corrected chi connectivity index (χ1v) is 6.49. The Morgan fingerprint density at radius 2 is 1.83 bits per heavy atom. The maximum absolute atomic E-state index is 12.2. The van der Waals surface area contributed by atoms with Crippen LogP contribution in [0, 0.1) is 5.41 Å². The lowest BCUT2D eigenvalue weighted by Crippen LogP contribution is -2.72. The van der Waals surface area contributed by atoms with E-state index in [0.29, 0.717) is 11.1 Å². The van der Waals surface area contributed by atoms with Crippen LogP contribution in [0.25, 0.3) is 0 Å². The third-order valence-corrected chi connectivity index (χ3v) is 4.06. The zero-order valence-electron chi connectivity index (χ0n) is 10.7. The molecule has 1 aromatic carbocycles. The summed E-state index contributed by atoms with van der Waals surface area (Å²) in [5, 5.41) is 0. The Hall–Kier alpha value is -1.55. The van der Waals surface area contributed by atoms with E-state index in [1.165, 1.54) is 0 Å². The predicted octanol–water partition coefficient (Wildman–Crippen LogP) is 1.05. The van der Waals surface area contributed by atoms with E-state index in [9.17, 15) is 4.79 Å². The molecule has 2 N–H and O–H groups in total. The molecule has 0 radical (unpaired) electrons. The molecular formula is C14H19N3O. The highest BCUT2D eigenvalue weighted by atomic mass is 16.2. The molecule has 4 heteroatoms. The van der Waals surface area contributed by atoms with Crippen LogP contribution in [-0.2, 0) is 0 Å². The number of amides is 1. The van der Waals surface area contributed by atoms with E-state index >= 15 is 0 Å². The summed E-state index contributed by atoms with van der Waals surface area (Å²) >= 11 is 0. The summed E-state index contributed by atoms with van der Waals surface area (Å²) in [6.07, 6.45) is 0. The van der Waals surface area contributed by atoms with Gasteiger partial charge in [0.05, 0.1) is 0 Å². The molecule has 0 bridgehead atoms. The Morgan fingerprint density at radius 1 is 1.22 bits per heavy atom. The zero-order chi connectivity index (χ0) is 12.8. The molecule has 96 valence electrons. The summed E-state index contributed by atoms with van der Waals surface area (Å²) in [5.41, 5.74) is 7.47. The van der Waals surface area contributed by atoms with E-state index in [1.807, 2.05) is 17.0 Å². The lowest BCUT2D eigenvalue weighted by atomic mass is 9.72. The maximum Gasteiger partial charge on any atom is 0.253 e. The quantitative estimate of drug-likeness (QED) is 0.792. The van der Waals surface area contributed by atoms with Crippen molar-refractivity contribution in [2.24, 2.45) is 5.41 Å². The summed E-state index contributed by atoms with van der Waals surface area (Å²) in [6, 6.07) is 7.18. The second-order valence-corrected chi connectivity index (χ2v) is 5.59. The van der Waals surface area contributed by atoms with Crippen molar-refractivity contribution in [2.75, 3.05) is 38.5 Å². The van der Waals surface area contributed by atoms with Gasteiger partial charge >= 0.3 is 0 Å². The van der Waals surface area contributed by atoms with Crippen LogP contribution in [0.15, 0.2) is 24.3 Å². The molecule has 2 aliphatic heterocycles. The molecular weight excluding hydrogens is 226 g/mol. The topological polar surface area (TPSA) is 49.6 Å². The van der Waals surface area contributed by atoms with Crippen molar-refractivity contribution < 1.29 is 4.79 Å². The number of carbonyl (C=O) groups excluding carboxylic acids is 1. The number of hydrogen-bond acceptors (Lipinski definition) is 3. The van der Waals surface area contributed by atoms with Gasteiger partial charge in [-0.1, -0.05) is 6.92 Å². The average Bonchev–Trinajstić information content (AvgIpc) is 2.26. The molecule has 0 saturated carbocycles. The Morgan fingerprint density at radius 3 is 2.39 bits per heavy atom. The fraction of sp³-hybridized carbons (Fsp3) is 0.500. The lowest BCUT2D eigenvalue weighted by molar-refractivity contribution is -0.0958. The van der Waals surface area contributed by atoms with Crippen LogP contribution in [0.2, 0.25) is 0 Å². The van der Waals surface area contributed by atoms with E-state index in [-0.39, 0.29) is 5.91 Å². The van der Waals surface area contributed by atoms with E-state index in [2.05, 4.69) is 11.8 Å². The second kappa shape index (κ2) is 3.99. The molecule has 0 unspecified atom stereocenters. The number of hydrogen-bond donors (Lipinski definition) is 1. The third-order valence-electron chi connectivity index (χ3n) is 4.06. The Balaban J connectivity index is 1.59. The van der Waals surface area contributed by atoms with Crippen LogP contribution < -0.4 is 5.73 Å². The van der Waals surface area contributed by atoms with Gasteiger partial charge in [0, 0.05) is 42.8 Å². The van der Waals surface area contributed by atoms with Crippen molar-refractivity contribution in [3.8, 4) is 0 Å². The van der Waals surface area contributed by atoms with Gasteiger partial charge in [0.25, 0.3) is 5.91 Å². The molecule has 4 nitrogen and oxygen atoms in total. The maximum atomic E-state index is 12.2. The number of nitrogens with two attached hydrogens (primary N) is 1. The minimum atomic E-state index is 0.135. The Labute approximate surface area is 107 Å². The number of rotatable bonds is 2. The van der Waals surface area contributed by atoms with Crippen LogP contribution in [0.5, 0.6) is 0 Å². The molecule has 2 saturated heterocycles. The normalized spacial score (nSPS) is 21.5. The molecule has 2 fully saturated rings. The number of nitrogens with zero attached hydrogens (tertiary/aromatic N) is 2. The van der Waals surface area contributed by atoms with Gasteiger partial charge in [-0.3, -0.25) is 4.79 Å². The molecule has 2 aliphatic rings. The van der Waals surface area contributed by atoms with Gasteiger partial charge in [-0.05, 0) is 30.8 Å². The fourth-order valence-electron chi connectivity index (χ4n) is 3.04. The van der Waals surface area contributed by atoms with Crippen LogP contribution in [-0.4, -0.2) is 48.4 Å². The number of anilines is 1. The van der Waals surface area contributed by atoms with Gasteiger partial charge in [0.1, 0.15) is 0 Å². The molecule has 1 spiro atoms. The summed E-state index contributed by atoms with van der Waals surface area (Å²) in [4.78, 5) is 16.6. The first kappa shape index (κ1) is 11.5. The van der Waals surface area contributed by atoms with Gasteiger partial charge < -0.3 is 15.5 Å². The highest BCUT2D eigenvalue weighted by Crippen LogP contribution is 2.39. The molecule has 0 atom stereocenters. The summed E-state index contributed by atoms with van der Waals surface area (Å²) < 4.78 is 0. The van der Waals surface area contributed by atoms with Gasteiger partial charge in [0.2, 0.25) is 0 Å². The highest BCUT2D eigenvalue weighted by molar-refractivity contribution is 5.95. The smallest absolute Gasteiger partial charge is 0.253 e. The van der Waals surface area contributed by atoms with E-state index in [4.69, 9.17) is 5.73 Å². The van der Waals surface area contributed by atoms with Crippen molar-refractivity contribution >= 4 is 11.6 Å². The summed E-state index contributed by atoms with van der Waals surface area (Å²) in [7, 11) is 0. The third kappa shape index (κ3) is 1.77. The lowest BCUT2D eigenvalue weighted by Gasteiger charge is -2.60. The second-order valence-electron chi connectivity index (χ2n) is 5.59. The fourth-order valence-corrected chi connectivity index (χ4v) is 3.04. The molecule has 2 heterocycles. The van der Waals surface area contributed by atoms with Crippen LogP contribution in [0.3, 0.4) is 0 Å². The summed E-state index contributed by atoms with van der Waals surface area (Å²) in [5.74, 6) is 0.135. The van der Waals surface area contributed by atoms with Crippen LogP contribution in [0.4, 0.5) is 5.69 Å². The standard InChI is InChI=1S/C14H19N3O/c1-2-16-7-14(8-16)9-17(10-14)13(18)11-3-5-12(15)6-4-11/h3-6H,2,7-10,15H2,1H3. The molecule has 18 heavy (non-hydrogen) atoms. The Kier molecular flexibility index (Phi) is 2.55. The van der Waals surface area contributed by atoms with Crippen molar-refractivity contribution in [3.63, 3.8) is 0 Å². The van der Waals surface area contributed by atoms with Crippen molar-refractivity contribution in [1.82, 2.24) is 9.80 Å². The number of likely N-dealkylation sites (tertiary alicyclic amines) is 2. The van der Waals surface area contributed by atoms with Crippen LogP contribution >= 0.6 is 0 Å². The zero-order valence-corrected chi connectivity index (χ0v) is 10.7. The monoisotopic (exact) mass is 245 g/mol. The van der Waals surface area contributed by atoms with E-state index in [0.717, 1.165) is 38.3 Å². The van der Waals surface area contributed by atoms with Gasteiger partial charge in [-0.15, -0.1) is 0 Å². The van der Waals surface area contributed by atoms with E-state index < -0.39 is 0 Å². The largest absolute Gasteiger partial charge is 0.399 e. The molecule has 0 aliphatic carbocycles. The van der Waals surface area contributed by atoms with Gasteiger partial charge in [-0.2, -0.15) is 0 Å². The molecule has 3 rings (SSSR count). The number of benzene rings is 1. The van der Waals surface area contributed by atoms with Gasteiger partial charge in [-0.25, -0.2) is 0 Å². The number of carbonyl (C=O) groups is 1. The van der Waals surface area contributed by atoms with Crippen molar-refractivity contribution in [2.45, 2.75) is 6.92 Å². The van der Waals surface area contributed by atoms with Crippen LogP contribution in [0.1, 0.15) is 17.3 Å². The minimum absolute atomic E-state index is 0.135. The minimum Gasteiger partial charge on any atom is -0.399 e. The van der Waals surface area contributed by atoms with E-state index in [1.54, 1.807) is 12.1 Å². The van der Waals surface area contributed by atoms with Gasteiger partial charge in [0.15, 0.2) is 0 Å². The highest BCUT2D eigenvalue weighted by Gasteiger charge is 2.52. The molecule has 1 amide bonds.